The lowest BCUT2D eigenvalue weighted by Crippen LogP contribution is -2.12. The van der Waals surface area contributed by atoms with Crippen LogP contribution >= 0.6 is 11.8 Å². The number of esters is 1. The second-order valence-electron chi connectivity index (χ2n) is 4.70. The molecule has 0 aliphatic carbocycles. The summed E-state index contributed by atoms with van der Waals surface area (Å²) in [4.78, 5) is 27.1. The van der Waals surface area contributed by atoms with Crippen LogP contribution in [0.5, 0.6) is 0 Å². The van der Waals surface area contributed by atoms with Crippen LogP contribution in [-0.4, -0.2) is 32.2 Å². The molecule has 1 aromatic heterocycles. The van der Waals surface area contributed by atoms with Crippen molar-refractivity contribution in [3.05, 3.63) is 39.7 Å². The van der Waals surface area contributed by atoms with Crippen molar-refractivity contribution in [3.8, 4) is 0 Å². The number of nitro groups is 1. The van der Waals surface area contributed by atoms with Crippen molar-refractivity contribution in [2.24, 2.45) is 0 Å². The van der Waals surface area contributed by atoms with Crippen molar-refractivity contribution in [1.29, 1.82) is 0 Å². The van der Waals surface area contributed by atoms with Gasteiger partial charge in [-0.25, -0.2) is 9.78 Å². The lowest BCUT2D eigenvalue weighted by molar-refractivity contribution is -0.384. The van der Waals surface area contributed by atoms with Gasteiger partial charge in [0.25, 0.3) is 5.69 Å². The summed E-state index contributed by atoms with van der Waals surface area (Å²) in [6.45, 7) is 5.17. The van der Waals surface area contributed by atoms with Gasteiger partial charge in [0.05, 0.1) is 16.6 Å². The predicted octanol–water partition coefficient (Wildman–Crippen LogP) is 2.74. The second-order valence-corrected chi connectivity index (χ2v) is 5.71. The van der Waals surface area contributed by atoms with Crippen LogP contribution in [0.25, 0.3) is 0 Å². The number of carbonyl (C=O) groups is 1. The second kappa shape index (κ2) is 6.56. The van der Waals surface area contributed by atoms with Crippen LogP contribution in [0.3, 0.4) is 0 Å². The van der Waals surface area contributed by atoms with E-state index in [1.807, 2.05) is 0 Å². The Bertz CT molecular complexity index is 714. The first-order valence-corrected chi connectivity index (χ1v) is 7.24. The van der Waals surface area contributed by atoms with E-state index >= 15 is 0 Å². The fourth-order valence-electron chi connectivity index (χ4n) is 1.62. The van der Waals surface area contributed by atoms with Gasteiger partial charge in [-0.2, -0.15) is 0 Å². The summed E-state index contributed by atoms with van der Waals surface area (Å²) in [5.74, 6) is 0.0178. The Balaban J connectivity index is 2.38. The van der Waals surface area contributed by atoms with Crippen LogP contribution < -0.4 is 0 Å². The molecule has 0 fully saturated rings. The number of aryl methyl sites for hydroxylation is 1. The van der Waals surface area contributed by atoms with E-state index in [0.29, 0.717) is 15.9 Å². The minimum absolute atomic E-state index is 0.121. The molecule has 0 radical (unpaired) electrons. The van der Waals surface area contributed by atoms with Crippen molar-refractivity contribution in [2.75, 3.05) is 0 Å². The van der Waals surface area contributed by atoms with E-state index in [2.05, 4.69) is 15.2 Å². The molecule has 0 unspecified atom stereocenters. The molecule has 0 saturated heterocycles. The van der Waals surface area contributed by atoms with Gasteiger partial charge >= 0.3 is 5.97 Å². The van der Waals surface area contributed by atoms with Crippen molar-refractivity contribution < 1.29 is 14.5 Å². The van der Waals surface area contributed by atoms with E-state index < -0.39 is 10.9 Å². The number of aromatic amines is 1. The first kappa shape index (κ1) is 16.0. The van der Waals surface area contributed by atoms with Crippen LogP contribution in [0.15, 0.2) is 28.3 Å². The molecule has 9 heteroatoms. The Hall–Kier alpha value is -2.42. The highest BCUT2D eigenvalue weighted by Crippen LogP contribution is 2.31. The minimum atomic E-state index is -0.617. The number of hydrogen-bond donors (Lipinski definition) is 1. The molecule has 0 amide bonds. The summed E-state index contributed by atoms with van der Waals surface area (Å²) >= 11 is 1.13. The van der Waals surface area contributed by atoms with Crippen LogP contribution in [0.1, 0.15) is 30.0 Å². The van der Waals surface area contributed by atoms with Crippen LogP contribution in [0.2, 0.25) is 0 Å². The van der Waals surface area contributed by atoms with Gasteiger partial charge in [0.2, 0.25) is 5.16 Å². The number of ether oxygens (including phenoxy) is 1. The highest BCUT2D eigenvalue weighted by molar-refractivity contribution is 7.99. The Kier molecular flexibility index (Phi) is 4.76. The molecule has 1 N–H and O–H groups in total. The Morgan fingerprint density at radius 3 is 2.73 bits per heavy atom. The van der Waals surface area contributed by atoms with Crippen molar-refractivity contribution in [1.82, 2.24) is 15.2 Å². The summed E-state index contributed by atoms with van der Waals surface area (Å²) < 4.78 is 5.13. The zero-order valence-corrected chi connectivity index (χ0v) is 13.0. The molecule has 116 valence electrons. The minimum Gasteiger partial charge on any atom is -0.459 e. The molecule has 1 heterocycles. The molecule has 0 atom stereocenters. The van der Waals surface area contributed by atoms with E-state index in [0.717, 1.165) is 11.8 Å². The summed E-state index contributed by atoms with van der Waals surface area (Å²) in [5, 5.41) is 18.0. The summed E-state index contributed by atoms with van der Waals surface area (Å²) in [6.07, 6.45) is -0.324. The molecule has 0 spiro atoms. The van der Waals surface area contributed by atoms with E-state index in [1.165, 1.54) is 18.2 Å². The lowest BCUT2D eigenvalue weighted by atomic mass is 10.2. The standard InChI is InChI=1S/C13H14N4O4S/c1-7(2)21-12(18)10-6-9(17(19)20)4-5-11(10)22-13-14-8(3)15-16-13/h4-7H,1-3H3,(H,14,15,16). The van der Waals surface area contributed by atoms with E-state index in [4.69, 9.17) is 4.74 Å². The molecule has 22 heavy (non-hydrogen) atoms. The average molecular weight is 322 g/mol. The van der Waals surface area contributed by atoms with Crippen LogP contribution in [0, 0.1) is 17.0 Å². The zero-order chi connectivity index (χ0) is 16.3. The molecule has 0 aliphatic heterocycles. The van der Waals surface area contributed by atoms with Gasteiger partial charge < -0.3 is 4.74 Å². The number of nitro benzene ring substituents is 1. The number of H-pyrrole nitrogens is 1. The topological polar surface area (TPSA) is 111 Å². The SMILES string of the molecule is Cc1nc(Sc2ccc([N+](=O)[O-])cc2C(=O)OC(C)C)n[nH]1. The summed E-state index contributed by atoms with van der Waals surface area (Å²) in [5.41, 5.74) is -0.0541. The van der Waals surface area contributed by atoms with E-state index in [9.17, 15) is 14.9 Å². The molecule has 8 nitrogen and oxygen atoms in total. The summed E-state index contributed by atoms with van der Waals surface area (Å²) in [6, 6.07) is 4.02. The molecule has 0 bridgehead atoms. The maximum Gasteiger partial charge on any atom is 0.339 e. The van der Waals surface area contributed by atoms with Crippen molar-refractivity contribution >= 4 is 23.4 Å². The van der Waals surface area contributed by atoms with Gasteiger partial charge in [0.15, 0.2) is 0 Å². The third-order valence-electron chi connectivity index (χ3n) is 2.51. The van der Waals surface area contributed by atoms with Gasteiger partial charge in [0, 0.05) is 17.0 Å². The maximum absolute atomic E-state index is 12.1. The van der Waals surface area contributed by atoms with Gasteiger partial charge in [-0.1, -0.05) is 0 Å². The summed E-state index contributed by atoms with van der Waals surface area (Å²) in [7, 11) is 0. The molecule has 2 rings (SSSR count). The van der Waals surface area contributed by atoms with Crippen LogP contribution in [0.4, 0.5) is 5.69 Å². The fourth-order valence-corrected chi connectivity index (χ4v) is 2.48. The lowest BCUT2D eigenvalue weighted by Gasteiger charge is -2.10. The molecule has 0 saturated carbocycles. The first-order chi connectivity index (χ1) is 10.4. The van der Waals surface area contributed by atoms with Gasteiger partial charge in [0.1, 0.15) is 5.82 Å². The third-order valence-corrected chi connectivity index (χ3v) is 3.46. The quantitative estimate of drug-likeness (QED) is 0.511. The number of hydrogen-bond acceptors (Lipinski definition) is 7. The normalized spacial score (nSPS) is 10.7. The third kappa shape index (κ3) is 3.82. The Morgan fingerprint density at radius 1 is 1.45 bits per heavy atom. The number of rotatable bonds is 5. The van der Waals surface area contributed by atoms with Crippen molar-refractivity contribution in [2.45, 2.75) is 36.9 Å². The Morgan fingerprint density at radius 2 is 2.18 bits per heavy atom. The number of nitrogens with one attached hydrogen (secondary N) is 1. The van der Waals surface area contributed by atoms with Crippen LogP contribution in [-0.2, 0) is 4.74 Å². The maximum atomic E-state index is 12.1. The monoisotopic (exact) mass is 322 g/mol. The molecule has 1 aromatic carbocycles. The van der Waals surface area contributed by atoms with Gasteiger partial charge in [-0.15, -0.1) is 5.10 Å². The number of nitrogens with zero attached hydrogens (tertiary/aromatic N) is 3. The molecule has 0 aliphatic rings. The zero-order valence-electron chi connectivity index (χ0n) is 12.2. The fraction of sp³-hybridized carbons (Fsp3) is 0.308. The highest BCUT2D eigenvalue weighted by atomic mass is 32.2. The van der Waals surface area contributed by atoms with E-state index in [-0.39, 0.29) is 17.4 Å². The first-order valence-electron chi connectivity index (χ1n) is 6.43. The largest absolute Gasteiger partial charge is 0.459 e. The molecular formula is C13H14N4O4S. The van der Waals surface area contributed by atoms with E-state index in [1.54, 1.807) is 20.8 Å². The number of carbonyl (C=O) groups excluding carboxylic acids is 1. The van der Waals surface area contributed by atoms with Gasteiger partial charge in [-0.3, -0.25) is 15.2 Å². The highest BCUT2D eigenvalue weighted by Gasteiger charge is 2.20. The average Bonchev–Trinajstić information content (AvgIpc) is 2.83. The smallest absolute Gasteiger partial charge is 0.339 e. The Labute approximate surface area is 130 Å². The number of aromatic nitrogens is 3. The van der Waals surface area contributed by atoms with Crippen molar-refractivity contribution in [3.63, 3.8) is 0 Å². The number of non-ortho nitro benzene ring substituents is 1. The molecule has 2 aromatic rings. The van der Waals surface area contributed by atoms with Gasteiger partial charge in [-0.05, 0) is 38.6 Å². The molecular weight excluding hydrogens is 308 g/mol. The number of benzene rings is 1. The predicted molar refractivity (Wildman–Crippen MR) is 78.9 cm³/mol.